The van der Waals surface area contributed by atoms with Crippen molar-refractivity contribution in [2.45, 2.75) is 89.6 Å². The Labute approximate surface area is 182 Å². The summed E-state index contributed by atoms with van der Waals surface area (Å²) in [5, 5.41) is 18.4. The summed E-state index contributed by atoms with van der Waals surface area (Å²) in [7, 11) is -3.84. The molecular formula is C18H35NaO6S. The second kappa shape index (κ2) is 18.4. The van der Waals surface area contributed by atoms with Crippen LogP contribution in [0, 0.1) is 0 Å². The van der Waals surface area contributed by atoms with Gasteiger partial charge in [0.1, 0.15) is 0 Å². The van der Waals surface area contributed by atoms with Crippen LogP contribution in [-0.2, 0) is 14.9 Å². The van der Waals surface area contributed by atoms with Crippen LogP contribution >= 0.6 is 0 Å². The van der Waals surface area contributed by atoms with E-state index in [-0.39, 0.29) is 49.3 Å². The van der Waals surface area contributed by atoms with Gasteiger partial charge in [-0.15, -0.1) is 0 Å². The molecule has 0 rings (SSSR count). The summed E-state index contributed by atoms with van der Waals surface area (Å²) >= 11 is 0. The van der Waals surface area contributed by atoms with Gasteiger partial charge in [-0.1, -0.05) is 50.7 Å². The monoisotopic (exact) mass is 402 g/mol. The van der Waals surface area contributed by atoms with Gasteiger partial charge in [0.2, 0.25) is 0 Å². The first kappa shape index (κ1) is 28.3. The maximum Gasteiger partial charge on any atom is 1.00 e. The fraction of sp³-hybridized carbons (Fsp3) is 0.833. The molecule has 0 aliphatic heterocycles. The standard InChI is InChI=1S/C18H34O6S.Na.H/c19-17(14-10-7-8-12-16-25(22,23)24)13-9-5-3-1-2-4-6-11-15-18(20)21;;/h5,9,17,19H,1-4,6-8,10-16H2,(H,20,21)(H,22,23,24);;/q;+1;-1/b9-5-;;/t17-;;/m0../s1. The van der Waals surface area contributed by atoms with Crippen molar-refractivity contribution in [2.24, 2.45) is 0 Å². The predicted octanol–water partition coefficient (Wildman–Crippen LogP) is 1.06. The number of rotatable bonds is 17. The summed E-state index contributed by atoms with van der Waals surface area (Å²) in [4.78, 5) is 10.3. The molecule has 0 spiro atoms. The molecular weight excluding hydrogens is 367 g/mol. The molecule has 0 heterocycles. The molecule has 0 unspecified atom stereocenters. The third-order valence-corrected chi connectivity index (χ3v) is 4.83. The molecule has 0 aliphatic rings. The van der Waals surface area contributed by atoms with Gasteiger partial charge in [0, 0.05) is 6.42 Å². The van der Waals surface area contributed by atoms with E-state index < -0.39 is 16.1 Å². The molecule has 0 saturated carbocycles. The molecule has 26 heavy (non-hydrogen) atoms. The van der Waals surface area contributed by atoms with Gasteiger partial charge in [-0.3, -0.25) is 9.35 Å². The largest absolute Gasteiger partial charge is 1.00 e. The van der Waals surface area contributed by atoms with E-state index >= 15 is 0 Å². The molecule has 6 nitrogen and oxygen atoms in total. The first-order valence-corrected chi connectivity index (χ1v) is 10.9. The van der Waals surface area contributed by atoms with Crippen molar-refractivity contribution >= 4 is 16.1 Å². The van der Waals surface area contributed by atoms with Crippen molar-refractivity contribution in [1.29, 1.82) is 0 Å². The third kappa shape index (κ3) is 24.1. The molecule has 0 bridgehead atoms. The topological polar surface area (TPSA) is 112 Å². The van der Waals surface area contributed by atoms with Crippen LogP contribution in [-0.4, -0.2) is 41.0 Å². The van der Waals surface area contributed by atoms with Crippen LogP contribution in [0.25, 0.3) is 0 Å². The minimum Gasteiger partial charge on any atom is -1.00 e. The summed E-state index contributed by atoms with van der Waals surface area (Å²) in [5.41, 5.74) is 0. The smallest absolute Gasteiger partial charge is 1.00 e. The number of carboxylic acid groups (broad SMARTS) is 1. The van der Waals surface area contributed by atoms with Gasteiger partial charge in [-0.05, 0) is 38.5 Å². The number of allylic oxidation sites excluding steroid dienone is 1. The van der Waals surface area contributed by atoms with Crippen LogP contribution in [0.2, 0.25) is 0 Å². The number of aliphatic hydroxyl groups is 1. The molecule has 0 saturated heterocycles. The van der Waals surface area contributed by atoms with E-state index in [0.29, 0.717) is 19.3 Å². The van der Waals surface area contributed by atoms with E-state index in [1.807, 2.05) is 6.08 Å². The zero-order valence-electron chi connectivity index (χ0n) is 17.1. The quantitative estimate of drug-likeness (QED) is 0.145. The third-order valence-electron chi connectivity index (χ3n) is 4.03. The van der Waals surface area contributed by atoms with Gasteiger partial charge in [-0.2, -0.15) is 8.42 Å². The Bertz CT molecular complexity index is 470. The number of aliphatic hydroxyl groups excluding tert-OH is 1. The van der Waals surface area contributed by atoms with Crippen molar-refractivity contribution in [3.8, 4) is 0 Å². The number of hydrogen-bond donors (Lipinski definition) is 3. The number of carbonyl (C=O) groups is 1. The summed E-state index contributed by atoms with van der Waals surface area (Å²) in [6.07, 6.45) is 14.3. The van der Waals surface area contributed by atoms with Gasteiger partial charge in [0.25, 0.3) is 10.1 Å². The van der Waals surface area contributed by atoms with E-state index in [4.69, 9.17) is 9.66 Å². The molecule has 3 N–H and O–H groups in total. The minimum absolute atomic E-state index is 0. The average Bonchev–Trinajstić information content (AvgIpc) is 2.51. The molecule has 0 aromatic rings. The zero-order valence-corrected chi connectivity index (χ0v) is 18.9. The summed E-state index contributed by atoms with van der Waals surface area (Å²) in [5.74, 6) is -0.905. The normalized spacial score (nSPS) is 12.8. The van der Waals surface area contributed by atoms with Gasteiger partial charge in [0.05, 0.1) is 11.9 Å². The maximum absolute atomic E-state index is 10.5. The average molecular weight is 403 g/mol. The van der Waals surface area contributed by atoms with Crippen LogP contribution < -0.4 is 29.6 Å². The molecule has 0 aromatic carbocycles. The Morgan fingerprint density at radius 2 is 1.50 bits per heavy atom. The van der Waals surface area contributed by atoms with E-state index in [1.54, 1.807) is 0 Å². The first-order valence-electron chi connectivity index (χ1n) is 9.31. The van der Waals surface area contributed by atoms with Crippen LogP contribution in [0.1, 0.15) is 84.9 Å². The van der Waals surface area contributed by atoms with Crippen LogP contribution in [0.5, 0.6) is 0 Å². The van der Waals surface area contributed by atoms with Gasteiger partial charge >= 0.3 is 35.5 Å². The van der Waals surface area contributed by atoms with Crippen molar-refractivity contribution in [3.63, 3.8) is 0 Å². The van der Waals surface area contributed by atoms with Crippen molar-refractivity contribution in [2.75, 3.05) is 5.75 Å². The molecule has 0 amide bonds. The zero-order chi connectivity index (χ0) is 19.0. The predicted molar refractivity (Wildman–Crippen MR) is 100 cm³/mol. The van der Waals surface area contributed by atoms with E-state index in [0.717, 1.165) is 57.8 Å². The molecule has 1 atom stereocenters. The number of carboxylic acids is 1. The number of unbranched alkanes of at least 4 members (excludes halogenated alkanes) is 8. The maximum atomic E-state index is 10.5. The summed E-state index contributed by atoms with van der Waals surface area (Å²) in [6, 6.07) is 0. The van der Waals surface area contributed by atoms with Gasteiger partial charge < -0.3 is 11.6 Å². The van der Waals surface area contributed by atoms with Gasteiger partial charge in [0.15, 0.2) is 0 Å². The molecule has 8 heteroatoms. The molecule has 0 aromatic heterocycles. The Balaban J connectivity index is -0.00000288. The first-order chi connectivity index (χ1) is 11.8. The summed E-state index contributed by atoms with van der Waals surface area (Å²) < 4.78 is 29.7. The Morgan fingerprint density at radius 1 is 0.923 bits per heavy atom. The number of hydrogen-bond acceptors (Lipinski definition) is 4. The Morgan fingerprint density at radius 3 is 2.15 bits per heavy atom. The van der Waals surface area contributed by atoms with E-state index in [2.05, 4.69) is 6.08 Å². The Hall–Kier alpha value is 0.0800. The second-order valence-corrected chi connectivity index (χ2v) is 8.12. The molecule has 0 aliphatic carbocycles. The van der Waals surface area contributed by atoms with Crippen molar-refractivity contribution < 1.29 is 59.0 Å². The van der Waals surface area contributed by atoms with Crippen molar-refractivity contribution in [3.05, 3.63) is 12.2 Å². The summed E-state index contributed by atoms with van der Waals surface area (Å²) in [6.45, 7) is 0. The van der Waals surface area contributed by atoms with Crippen LogP contribution in [0.3, 0.4) is 0 Å². The second-order valence-electron chi connectivity index (χ2n) is 6.55. The van der Waals surface area contributed by atoms with Crippen LogP contribution in [0.4, 0.5) is 0 Å². The Kier molecular flexibility index (Phi) is 20.1. The molecule has 0 fully saturated rings. The number of aliphatic carboxylic acids is 1. The fourth-order valence-corrected chi connectivity index (χ4v) is 3.14. The van der Waals surface area contributed by atoms with E-state index in [9.17, 15) is 18.3 Å². The van der Waals surface area contributed by atoms with Crippen molar-refractivity contribution in [1.82, 2.24) is 0 Å². The van der Waals surface area contributed by atoms with Crippen LogP contribution in [0.15, 0.2) is 12.2 Å². The SMILES string of the molecule is O=C(O)CCCCCCC/C=C\C[C@H](O)CCCCCCS(=O)(=O)O.[H-].[Na+]. The molecule has 0 radical (unpaired) electrons. The fourth-order valence-electron chi connectivity index (χ4n) is 2.58. The molecule has 150 valence electrons. The van der Waals surface area contributed by atoms with E-state index in [1.165, 1.54) is 0 Å². The van der Waals surface area contributed by atoms with Gasteiger partial charge in [-0.25, -0.2) is 0 Å². The minimum atomic E-state index is -3.84.